The van der Waals surface area contributed by atoms with Gasteiger partial charge < -0.3 is 4.90 Å². The minimum absolute atomic E-state index is 0.247. The van der Waals surface area contributed by atoms with E-state index < -0.39 is 0 Å². The molecule has 1 aliphatic rings. The molecule has 0 aliphatic carbocycles. The van der Waals surface area contributed by atoms with Crippen LogP contribution in [0.2, 0.25) is 0 Å². The molecule has 0 bridgehead atoms. The first-order valence-electron chi connectivity index (χ1n) is 14.4. The summed E-state index contributed by atoms with van der Waals surface area (Å²) in [7, 11) is 0. The number of amides is 1. The van der Waals surface area contributed by atoms with E-state index >= 15 is 0 Å². The van der Waals surface area contributed by atoms with E-state index in [9.17, 15) is 4.79 Å². The number of fused-ring (bicyclic) bond motifs is 2. The molecule has 2 heteroatoms. The number of para-hydroxylation sites is 1. The first-order valence-corrected chi connectivity index (χ1v) is 14.4. The lowest BCUT2D eigenvalue weighted by Crippen LogP contribution is -2.31. The summed E-state index contributed by atoms with van der Waals surface area (Å²) in [6, 6.07) is 16.7. The Morgan fingerprint density at radius 1 is 0.629 bits per heavy atom. The number of rotatable bonds is 16. The van der Waals surface area contributed by atoms with E-state index in [1.165, 1.54) is 94.6 Å². The zero-order valence-corrected chi connectivity index (χ0v) is 22.1. The first kappa shape index (κ1) is 27.2. The molecule has 1 aliphatic heterocycles. The molecule has 1 heterocycles. The maximum Gasteiger partial charge on any atom is 0.227 e. The number of benzene rings is 2. The van der Waals surface area contributed by atoms with Crippen molar-refractivity contribution in [1.29, 1.82) is 0 Å². The van der Waals surface area contributed by atoms with Gasteiger partial charge in [0.25, 0.3) is 0 Å². The molecule has 2 nitrogen and oxygen atoms in total. The average Bonchev–Trinajstić information content (AvgIpc) is 2.87. The van der Waals surface area contributed by atoms with E-state index in [0.717, 1.165) is 24.1 Å². The van der Waals surface area contributed by atoms with Gasteiger partial charge in [-0.25, -0.2) is 0 Å². The van der Waals surface area contributed by atoms with Gasteiger partial charge >= 0.3 is 0 Å². The lowest BCUT2D eigenvalue weighted by atomic mass is 10.0. The van der Waals surface area contributed by atoms with Crippen molar-refractivity contribution in [2.45, 2.75) is 116 Å². The summed E-state index contributed by atoms with van der Waals surface area (Å²) in [5, 5.41) is 0. The van der Waals surface area contributed by atoms with Crippen molar-refractivity contribution >= 4 is 23.7 Å². The van der Waals surface area contributed by atoms with Gasteiger partial charge in [0.15, 0.2) is 0 Å². The zero-order chi connectivity index (χ0) is 24.6. The summed E-state index contributed by atoms with van der Waals surface area (Å²) < 4.78 is 0. The van der Waals surface area contributed by atoms with Crippen molar-refractivity contribution < 1.29 is 4.79 Å². The van der Waals surface area contributed by atoms with Gasteiger partial charge in [0, 0.05) is 6.42 Å². The molecule has 3 rings (SSSR count). The number of unbranched alkanes of at least 4 members (excludes halogenated alkanes) is 14. The Hall–Kier alpha value is -2.35. The fourth-order valence-corrected chi connectivity index (χ4v) is 5.16. The van der Waals surface area contributed by atoms with Crippen LogP contribution in [0, 0.1) is 0 Å². The molecule has 0 unspecified atom stereocenters. The van der Waals surface area contributed by atoms with Gasteiger partial charge in [0.05, 0.1) is 12.2 Å². The molecular weight excluding hydrogens is 426 g/mol. The normalized spacial score (nSPS) is 13.6. The molecule has 0 saturated carbocycles. The van der Waals surface area contributed by atoms with Crippen molar-refractivity contribution in [2.24, 2.45) is 0 Å². The highest BCUT2D eigenvalue weighted by Crippen LogP contribution is 2.29. The number of nitrogens with zero attached hydrogens (tertiary/aromatic N) is 1. The summed E-state index contributed by atoms with van der Waals surface area (Å²) >= 11 is 0. The van der Waals surface area contributed by atoms with Gasteiger partial charge in [-0.05, 0) is 29.2 Å². The summed E-state index contributed by atoms with van der Waals surface area (Å²) in [5.74, 6) is 0.247. The minimum atomic E-state index is 0.247. The number of carbonyl (C=O) groups is 1. The number of carbonyl (C=O) groups excluding carboxylic acids is 1. The van der Waals surface area contributed by atoms with Crippen molar-refractivity contribution in [3.8, 4) is 0 Å². The molecule has 35 heavy (non-hydrogen) atoms. The topological polar surface area (TPSA) is 20.3 Å². The highest BCUT2D eigenvalue weighted by molar-refractivity contribution is 5.97. The molecule has 2 aromatic carbocycles. The molecule has 190 valence electrons. The van der Waals surface area contributed by atoms with Crippen molar-refractivity contribution in [2.75, 3.05) is 4.90 Å². The molecule has 2 aromatic rings. The van der Waals surface area contributed by atoms with E-state index in [-0.39, 0.29) is 5.91 Å². The van der Waals surface area contributed by atoms with Gasteiger partial charge in [0.1, 0.15) is 0 Å². The van der Waals surface area contributed by atoms with E-state index in [1.807, 2.05) is 17.0 Å². The Balaban J connectivity index is 1.31. The highest BCUT2D eigenvalue weighted by atomic mass is 16.2. The van der Waals surface area contributed by atoms with Crippen LogP contribution in [0.15, 0.2) is 48.5 Å². The maximum absolute atomic E-state index is 13.3. The van der Waals surface area contributed by atoms with Crippen molar-refractivity contribution in [3.05, 3.63) is 65.2 Å². The van der Waals surface area contributed by atoms with Crippen molar-refractivity contribution in [3.63, 3.8) is 0 Å². The first-order chi connectivity index (χ1) is 17.3. The van der Waals surface area contributed by atoms with Crippen LogP contribution < -0.4 is 4.90 Å². The highest BCUT2D eigenvalue weighted by Gasteiger charge is 2.20. The molecule has 1 amide bonds. The number of anilines is 1. The Bertz CT molecular complexity index is 899. The van der Waals surface area contributed by atoms with Crippen LogP contribution >= 0.6 is 0 Å². The predicted molar refractivity (Wildman–Crippen MR) is 153 cm³/mol. The molecule has 0 N–H and O–H groups in total. The molecule has 0 saturated heterocycles. The Morgan fingerprint density at radius 2 is 1.11 bits per heavy atom. The fourth-order valence-electron chi connectivity index (χ4n) is 5.16. The second-order valence-corrected chi connectivity index (χ2v) is 10.3. The summed E-state index contributed by atoms with van der Waals surface area (Å²) in [6.45, 7) is 2.93. The van der Waals surface area contributed by atoms with Gasteiger partial charge in [-0.15, -0.1) is 0 Å². The maximum atomic E-state index is 13.3. The van der Waals surface area contributed by atoms with Gasteiger partial charge in [-0.3, -0.25) is 4.79 Å². The van der Waals surface area contributed by atoms with Gasteiger partial charge in [-0.1, -0.05) is 151 Å². The number of hydrogen-bond donors (Lipinski definition) is 0. The van der Waals surface area contributed by atoms with Crippen LogP contribution in [0.1, 0.15) is 126 Å². The predicted octanol–water partition coefficient (Wildman–Crippen LogP) is 9.97. The van der Waals surface area contributed by atoms with Crippen LogP contribution in [-0.2, 0) is 11.3 Å². The Kier molecular flexibility index (Phi) is 12.7. The third kappa shape index (κ3) is 9.67. The number of hydrogen-bond acceptors (Lipinski definition) is 1. The van der Waals surface area contributed by atoms with E-state index in [4.69, 9.17) is 0 Å². The minimum Gasteiger partial charge on any atom is -0.307 e. The van der Waals surface area contributed by atoms with Crippen LogP contribution in [0.3, 0.4) is 0 Å². The summed E-state index contributed by atoms with van der Waals surface area (Å²) in [4.78, 5) is 15.3. The largest absolute Gasteiger partial charge is 0.307 e. The molecule has 0 spiro atoms. The fraction of sp³-hybridized carbons (Fsp3) is 0.545. The molecule has 0 radical (unpaired) electrons. The van der Waals surface area contributed by atoms with E-state index in [0.29, 0.717) is 13.0 Å². The Labute approximate surface area is 214 Å². The lowest BCUT2D eigenvalue weighted by Gasteiger charge is -2.27. The summed E-state index contributed by atoms with van der Waals surface area (Å²) in [5.41, 5.74) is 4.56. The molecule has 0 fully saturated rings. The smallest absolute Gasteiger partial charge is 0.227 e. The second kappa shape index (κ2) is 16.3. The SMILES string of the molecule is CCCCCCCCCCCCCCCCCC(=O)N1Cc2ccccc2/C=C\c2ccccc21. The van der Waals surface area contributed by atoms with Crippen LogP contribution in [0.4, 0.5) is 5.69 Å². The standard InChI is InChI=1S/C33H47NO/c1-2-3-4-5-6-7-8-9-10-11-12-13-14-15-16-25-33(35)34-28-31-23-18-17-21-29(31)26-27-30-22-19-20-24-32(30)34/h17-24,26-27H,2-16,25,28H2,1H3/b27-26-. The Morgan fingerprint density at radius 3 is 1.74 bits per heavy atom. The van der Waals surface area contributed by atoms with Gasteiger partial charge in [0.2, 0.25) is 5.91 Å². The van der Waals surface area contributed by atoms with Crippen LogP contribution in [0.25, 0.3) is 12.2 Å². The molecule has 0 atom stereocenters. The molecular formula is C33H47NO. The lowest BCUT2D eigenvalue weighted by molar-refractivity contribution is -0.118. The third-order valence-electron chi connectivity index (χ3n) is 7.35. The quantitative estimate of drug-likeness (QED) is 0.222. The van der Waals surface area contributed by atoms with Crippen LogP contribution in [-0.4, -0.2) is 5.91 Å². The van der Waals surface area contributed by atoms with Crippen LogP contribution in [0.5, 0.6) is 0 Å². The summed E-state index contributed by atoms with van der Waals surface area (Å²) in [6.07, 6.45) is 25.1. The van der Waals surface area contributed by atoms with Gasteiger partial charge in [-0.2, -0.15) is 0 Å². The van der Waals surface area contributed by atoms with E-state index in [1.54, 1.807) is 0 Å². The average molecular weight is 474 g/mol. The third-order valence-corrected chi connectivity index (χ3v) is 7.35. The monoisotopic (exact) mass is 473 g/mol. The zero-order valence-electron chi connectivity index (χ0n) is 22.1. The second-order valence-electron chi connectivity index (χ2n) is 10.3. The van der Waals surface area contributed by atoms with Crippen molar-refractivity contribution in [1.82, 2.24) is 0 Å². The molecule has 0 aromatic heterocycles. The van der Waals surface area contributed by atoms with E-state index in [2.05, 4.69) is 55.5 Å².